The molecule has 0 unspecified atom stereocenters. The summed E-state index contributed by atoms with van der Waals surface area (Å²) in [4.78, 5) is 23.9. The van der Waals surface area contributed by atoms with Crippen LogP contribution in [0.2, 0.25) is 0 Å². The number of nitrogens with one attached hydrogen (secondary N) is 2. The Balaban J connectivity index is 2.26. The predicted octanol–water partition coefficient (Wildman–Crippen LogP) is 2.92. The normalized spacial score (nSPS) is 12.5. The zero-order valence-corrected chi connectivity index (χ0v) is 16.8. The second-order valence-electron chi connectivity index (χ2n) is 6.44. The molecular formula is C22H23N3O6. The van der Waals surface area contributed by atoms with Gasteiger partial charge in [0.05, 0.1) is 18.2 Å². The lowest BCUT2D eigenvalue weighted by atomic mass is 9.96. The fraction of sp³-hybridized carbons (Fsp3) is 0.227. The summed E-state index contributed by atoms with van der Waals surface area (Å²) in [5.41, 5.74) is 2.93. The molecule has 0 aliphatic rings. The van der Waals surface area contributed by atoms with Crippen molar-refractivity contribution in [3.05, 3.63) is 71.8 Å². The van der Waals surface area contributed by atoms with Crippen LogP contribution in [0.4, 0.5) is 10.5 Å². The Morgan fingerprint density at radius 3 is 2.55 bits per heavy atom. The van der Waals surface area contributed by atoms with E-state index in [1.807, 2.05) is 6.07 Å². The fourth-order valence-corrected chi connectivity index (χ4v) is 2.72. The molecule has 0 fully saturated rings. The maximum absolute atomic E-state index is 12.6. The predicted molar refractivity (Wildman–Crippen MR) is 111 cm³/mol. The molecule has 2 aromatic carbocycles. The average molecular weight is 425 g/mol. The molecule has 0 heterocycles. The highest BCUT2D eigenvalue weighted by atomic mass is 16.6. The summed E-state index contributed by atoms with van der Waals surface area (Å²) in [6.45, 7) is 1.59. The number of rotatable bonds is 9. The van der Waals surface area contributed by atoms with Crippen molar-refractivity contribution in [1.29, 1.82) is 5.26 Å². The minimum atomic E-state index is -0.851. The van der Waals surface area contributed by atoms with Gasteiger partial charge >= 0.3 is 6.09 Å². The number of benzene rings is 2. The molecule has 0 radical (unpaired) electrons. The third-order valence-electron chi connectivity index (χ3n) is 4.21. The van der Waals surface area contributed by atoms with Crippen LogP contribution in [0.25, 0.3) is 0 Å². The van der Waals surface area contributed by atoms with Crippen molar-refractivity contribution in [3.63, 3.8) is 0 Å². The van der Waals surface area contributed by atoms with Gasteiger partial charge in [-0.05, 0) is 30.3 Å². The van der Waals surface area contributed by atoms with Crippen LogP contribution < -0.4 is 15.5 Å². The molecule has 0 saturated heterocycles. The molecule has 2 atom stereocenters. The number of anilines is 1. The summed E-state index contributed by atoms with van der Waals surface area (Å²) >= 11 is 0. The van der Waals surface area contributed by atoms with E-state index in [0.717, 1.165) is 6.08 Å². The molecule has 0 aliphatic carbocycles. The molecule has 0 spiro atoms. The Kier molecular flexibility index (Phi) is 9.04. The number of hydrogen-bond donors (Lipinski definition) is 4. The van der Waals surface area contributed by atoms with E-state index < -0.39 is 24.0 Å². The molecule has 0 bridgehead atoms. The van der Waals surface area contributed by atoms with Crippen molar-refractivity contribution in [3.8, 4) is 11.8 Å². The molecular weight excluding hydrogens is 402 g/mol. The summed E-state index contributed by atoms with van der Waals surface area (Å²) in [6.07, 6.45) is 1.000. The molecule has 0 aliphatic heterocycles. The highest BCUT2D eigenvalue weighted by Crippen LogP contribution is 2.34. The highest BCUT2D eigenvalue weighted by Gasteiger charge is 2.25. The van der Waals surface area contributed by atoms with Gasteiger partial charge in [-0.25, -0.2) is 10.3 Å². The van der Waals surface area contributed by atoms with Gasteiger partial charge < -0.3 is 14.6 Å². The first kappa shape index (κ1) is 23.4. The van der Waals surface area contributed by atoms with Crippen LogP contribution in [0.3, 0.4) is 0 Å². The summed E-state index contributed by atoms with van der Waals surface area (Å²) in [5, 5.41) is 29.2. The van der Waals surface area contributed by atoms with E-state index in [0.29, 0.717) is 22.6 Å². The standard InChI is InChI=1S/C22H23N3O6/c1-15(6-11-20(27)25-29)21(18-4-2-3-5-19(18)30-13-12-26)31-22(28)24-17-9-7-16(14-23)8-10-17/h2-11,15,21,26,29H,12-13H2,1H3,(H,24,28)(H,25,27)/b11-6+/t15-,21+/m1/s1. The number of carbonyl (C=O) groups is 2. The lowest BCUT2D eigenvalue weighted by molar-refractivity contribution is -0.124. The van der Waals surface area contributed by atoms with E-state index in [4.69, 9.17) is 25.0 Å². The first-order valence-corrected chi connectivity index (χ1v) is 9.41. The number of aliphatic hydroxyl groups excluding tert-OH is 1. The van der Waals surface area contributed by atoms with Crippen LogP contribution in [0.15, 0.2) is 60.7 Å². The number of carbonyl (C=O) groups excluding carboxylic acids is 2. The summed E-state index contributed by atoms with van der Waals surface area (Å²) in [6, 6.07) is 15.1. The van der Waals surface area contributed by atoms with Gasteiger partial charge in [0, 0.05) is 23.2 Å². The average Bonchev–Trinajstić information content (AvgIpc) is 2.80. The molecule has 2 amide bonds. The van der Waals surface area contributed by atoms with Crippen LogP contribution in [-0.2, 0) is 9.53 Å². The number of amides is 2. The first-order valence-electron chi connectivity index (χ1n) is 9.41. The second kappa shape index (κ2) is 12.0. The molecule has 9 heteroatoms. The minimum Gasteiger partial charge on any atom is -0.491 e. The number of hydroxylamine groups is 1. The molecule has 4 N–H and O–H groups in total. The lowest BCUT2D eigenvalue weighted by Crippen LogP contribution is -2.22. The zero-order chi connectivity index (χ0) is 22.6. The molecule has 2 rings (SSSR count). The molecule has 31 heavy (non-hydrogen) atoms. The molecule has 162 valence electrons. The van der Waals surface area contributed by atoms with Crippen molar-refractivity contribution in [2.45, 2.75) is 13.0 Å². The van der Waals surface area contributed by atoms with E-state index in [1.165, 1.54) is 11.6 Å². The van der Waals surface area contributed by atoms with Gasteiger partial charge in [-0.1, -0.05) is 31.2 Å². The highest BCUT2D eigenvalue weighted by molar-refractivity contribution is 5.86. The Hall–Kier alpha value is -3.87. The number of ether oxygens (including phenoxy) is 2. The Bertz CT molecular complexity index is 952. The van der Waals surface area contributed by atoms with Crippen molar-refractivity contribution < 1.29 is 29.4 Å². The number of nitriles is 1. The number of para-hydroxylation sites is 1. The Morgan fingerprint density at radius 1 is 1.19 bits per heavy atom. The summed E-state index contributed by atoms with van der Waals surface area (Å²) < 4.78 is 11.2. The molecule has 0 aromatic heterocycles. The van der Waals surface area contributed by atoms with Crippen molar-refractivity contribution >= 4 is 17.7 Å². The van der Waals surface area contributed by atoms with E-state index in [2.05, 4.69) is 5.32 Å². The van der Waals surface area contributed by atoms with E-state index in [1.54, 1.807) is 55.5 Å². The van der Waals surface area contributed by atoms with Crippen LogP contribution in [0.1, 0.15) is 24.2 Å². The van der Waals surface area contributed by atoms with Crippen molar-refractivity contribution in [2.75, 3.05) is 18.5 Å². The van der Waals surface area contributed by atoms with Gasteiger partial charge in [-0.3, -0.25) is 15.3 Å². The van der Waals surface area contributed by atoms with Gasteiger partial charge in [0.2, 0.25) is 0 Å². The van der Waals surface area contributed by atoms with Gasteiger partial charge in [-0.15, -0.1) is 0 Å². The summed E-state index contributed by atoms with van der Waals surface area (Å²) in [7, 11) is 0. The largest absolute Gasteiger partial charge is 0.491 e. The second-order valence-corrected chi connectivity index (χ2v) is 6.44. The SMILES string of the molecule is C[C@H](/C=C/C(=O)NO)[C@H](OC(=O)Nc1ccc(C#N)cc1)c1ccccc1OCCO. The van der Waals surface area contributed by atoms with Gasteiger partial charge in [0.1, 0.15) is 18.5 Å². The fourth-order valence-electron chi connectivity index (χ4n) is 2.72. The maximum atomic E-state index is 12.6. The quantitative estimate of drug-likeness (QED) is 0.275. The smallest absolute Gasteiger partial charge is 0.412 e. The van der Waals surface area contributed by atoms with Crippen LogP contribution >= 0.6 is 0 Å². The first-order chi connectivity index (χ1) is 15.0. The van der Waals surface area contributed by atoms with E-state index in [9.17, 15) is 9.59 Å². The van der Waals surface area contributed by atoms with E-state index >= 15 is 0 Å². The zero-order valence-electron chi connectivity index (χ0n) is 16.8. The lowest BCUT2D eigenvalue weighted by Gasteiger charge is -2.24. The van der Waals surface area contributed by atoms with E-state index in [-0.39, 0.29) is 13.2 Å². The van der Waals surface area contributed by atoms with Gasteiger partial charge in [0.25, 0.3) is 5.91 Å². The molecule has 0 saturated carbocycles. The maximum Gasteiger partial charge on any atom is 0.412 e. The van der Waals surface area contributed by atoms with Crippen LogP contribution in [0, 0.1) is 17.2 Å². The Morgan fingerprint density at radius 2 is 1.90 bits per heavy atom. The van der Waals surface area contributed by atoms with Crippen molar-refractivity contribution in [2.24, 2.45) is 5.92 Å². The van der Waals surface area contributed by atoms with Crippen LogP contribution in [0.5, 0.6) is 5.75 Å². The third-order valence-corrected chi connectivity index (χ3v) is 4.21. The topological polar surface area (TPSA) is 141 Å². The Labute approximate surface area is 179 Å². The number of nitrogens with zero attached hydrogens (tertiary/aromatic N) is 1. The van der Waals surface area contributed by atoms with Crippen LogP contribution in [-0.4, -0.2) is 35.5 Å². The molecule has 9 nitrogen and oxygen atoms in total. The third kappa shape index (κ3) is 7.15. The molecule has 2 aromatic rings. The van der Waals surface area contributed by atoms with Crippen molar-refractivity contribution in [1.82, 2.24) is 5.48 Å². The van der Waals surface area contributed by atoms with Gasteiger partial charge in [-0.2, -0.15) is 5.26 Å². The summed E-state index contributed by atoms with van der Waals surface area (Å²) in [5.74, 6) is -0.792. The minimum absolute atomic E-state index is 0.0539. The number of aliphatic hydroxyl groups is 1. The van der Waals surface area contributed by atoms with Gasteiger partial charge in [0.15, 0.2) is 0 Å². The monoisotopic (exact) mass is 425 g/mol. The number of hydrogen-bond acceptors (Lipinski definition) is 7.